The van der Waals surface area contributed by atoms with Gasteiger partial charge in [-0.25, -0.2) is 0 Å². The zero-order valence-electron chi connectivity index (χ0n) is 10.5. The van der Waals surface area contributed by atoms with Crippen LogP contribution in [0.5, 0.6) is 0 Å². The van der Waals surface area contributed by atoms with E-state index in [9.17, 15) is 0 Å². The summed E-state index contributed by atoms with van der Waals surface area (Å²) in [6, 6.07) is 6.68. The van der Waals surface area contributed by atoms with Gasteiger partial charge in [0.15, 0.2) is 0 Å². The molecule has 0 amide bonds. The molecular formula is C14H18N2S. The van der Waals surface area contributed by atoms with Gasteiger partial charge in [0.05, 0.1) is 6.04 Å². The lowest BCUT2D eigenvalue weighted by atomic mass is 10.0. The predicted octanol–water partition coefficient (Wildman–Crippen LogP) is 3.46. The van der Waals surface area contributed by atoms with Crippen molar-refractivity contribution in [3.8, 4) is 0 Å². The molecule has 0 spiro atoms. The average molecular weight is 246 g/mol. The fraction of sp³-hybridized carbons (Fsp3) is 0.357. The first kappa shape index (κ1) is 12.3. The van der Waals surface area contributed by atoms with Crippen molar-refractivity contribution in [3.63, 3.8) is 0 Å². The maximum absolute atomic E-state index is 4.39. The molecule has 0 aliphatic heterocycles. The summed E-state index contributed by atoms with van der Waals surface area (Å²) in [5.74, 6) is 0. The molecule has 1 unspecified atom stereocenters. The summed E-state index contributed by atoms with van der Waals surface area (Å²) < 4.78 is 0. The van der Waals surface area contributed by atoms with Crippen LogP contribution in [0.25, 0.3) is 0 Å². The summed E-state index contributed by atoms with van der Waals surface area (Å²) in [7, 11) is 0. The number of thiophene rings is 1. The van der Waals surface area contributed by atoms with Crippen LogP contribution in [0.2, 0.25) is 0 Å². The monoisotopic (exact) mass is 246 g/mol. The molecule has 0 fully saturated rings. The van der Waals surface area contributed by atoms with Gasteiger partial charge in [-0.1, -0.05) is 13.0 Å². The van der Waals surface area contributed by atoms with E-state index in [0.29, 0.717) is 0 Å². The van der Waals surface area contributed by atoms with E-state index in [1.807, 2.05) is 13.1 Å². The van der Waals surface area contributed by atoms with Crippen molar-refractivity contribution in [2.75, 3.05) is 6.54 Å². The van der Waals surface area contributed by atoms with Gasteiger partial charge in [0, 0.05) is 16.8 Å². The van der Waals surface area contributed by atoms with E-state index in [4.69, 9.17) is 0 Å². The molecule has 3 heteroatoms. The van der Waals surface area contributed by atoms with Crippen LogP contribution in [0, 0.1) is 13.8 Å². The Morgan fingerprint density at radius 2 is 2.12 bits per heavy atom. The van der Waals surface area contributed by atoms with Crippen LogP contribution in [0.1, 0.15) is 34.7 Å². The summed E-state index contributed by atoms with van der Waals surface area (Å²) in [6.45, 7) is 7.27. The summed E-state index contributed by atoms with van der Waals surface area (Å²) >= 11 is 1.81. The molecule has 1 atom stereocenters. The Morgan fingerprint density at radius 3 is 2.65 bits per heavy atom. The highest BCUT2D eigenvalue weighted by Gasteiger charge is 2.16. The fourth-order valence-corrected chi connectivity index (χ4v) is 2.92. The van der Waals surface area contributed by atoms with Gasteiger partial charge in [-0.05, 0) is 49.0 Å². The standard InChI is InChI=1S/C14H18N2S/c1-4-15-13(14-10(2)7-8-17-14)12-6-5-11(3)16-9-12/h5-9,13,15H,4H2,1-3H3. The lowest BCUT2D eigenvalue weighted by Gasteiger charge is -2.18. The van der Waals surface area contributed by atoms with Crippen molar-refractivity contribution in [1.82, 2.24) is 10.3 Å². The Kier molecular flexibility index (Phi) is 3.92. The minimum absolute atomic E-state index is 0.271. The first-order chi connectivity index (χ1) is 8.22. The normalized spacial score (nSPS) is 12.6. The van der Waals surface area contributed by atoms with E-state index in [0.717, 1.165) is 12.2 Å². The van der Waals surface area contributed by atoms with Gasteiger partial charge in [0.1, 0.15) is 0 Å². The van der Waals surface area contributed by atoms with Crippen molar-refractivity contribution >= 4 is 11.3 Å². The van der Waals surface area contributed by atoms with Gasteiger partial charge in [0.2, 0.25) is 0 Å². The fourth-order valence-electron chi connectivity index (χ4n) is 1.90. The SMILES string of the molecule is CCNC(c1ccc(C)nc1)c1sccc1C. The molecule has 2 aromatic rings. The average Bonchev–Trinajstić information content (AvgIpc) is 2.74. The maximum Gasteiger partial charge on any atom is 0.0688 e. The molecule has 90 valence electrons. The second kappa shape index (κ2) is 5.43. The van der Waals surface area contributed by atoms with Crippen molar-refractivity contribution in [3.05, 3.63) is 51.5 Å². The summed E-state index contributed by atoms with van der Waals surface area (Å²) in [6.07, 6.45) is 1.97. The number of hydrogen-bond acceptors (Lipinski definition) is 3. The molecule has 0 saturated carbocycles. The number of hydrogen-bond donors (Lipinski definition) is 1. The Morgan fingerprint density at radius 1 is 1.29 bits per heavy atom. The summed E-state index contributed by atoms with van der Waals surface area (Å²) in [4.78, 5) is 5.77. The number of nitrogens with zero attached hydrogens (tertiary/aromatic N) is 1. The number of nitrogens with one attached hydrogen (secondary N) is 1. The van der Waals surface area contributed by atoms with Crippen molar-refractivity contribution in [1.29, 1.82) is 0 Å². The van der Waals surface area contributed by atoms with Gasteiger partial charge in [-0.3, -0.25) is 4.98 Å². The van der Waals surface area contributed by atoms with Gasteiger partial charge < -0.3 is 5.32 Å². The van der Waals surface area contributed by atoms with Gasteiger partial charge in [-0.15, -0.1) is 11.3 Å². The molecule has 0 radical (unpaired) electrons. The van der Waals surface area contributed by atoms with Crippen molar-refractivity contribution in [2.45, 2.75) is 26.8 Å². The molecule has 0 aliphatic carbocycles. The molecule has 17 heavy (non-hydrogen) atoms. The zero-order valence-corrected chi connectivity index (χ0v) is 11.3. The summed E-state index contributed by atoms with van der Waals surface area (Å²) in [5.41, 5.74) is 3.65. The first-order valence-corrected chi connectivity index (χ1v) is 6.80. The van der Waals surface area contributed by atoms with Crippen molar-refractivity contribution in [2.24, 2.45) is 0 Å². The van der Waals surface area contributed by atoms with Crippen molar-refractivity contribution < 1.29 is 0 Å². The number of rotatable bonds is 4. The number of aromatic nitrogens is 1. The zero-order chi connectivity index (χ0) is 12.3. The molecule has 1 N–H and O–H groups in total. The van der Waals surface area contributed by atoms with Gasteiger partial charge in [0.25, 0.3) is 0 Å². The van der Waals surface area contributed by atoms with E-state index in [-0.39, 0.29) is 6.04 Å². The lowest BCUT2D eigenvalue weighted by Crippen LogP contribution is -2.21. The van der Waals surface area contributed by atoms with Crippen LogP contribution in [-0.4, -0.2) is 11.5 Å². The highest BCUT2D eigenvalue weighted by molar-refractivity contribution is 7.10. The third kappa shape index (κ3) is 2.73. The lowest BCUT2D eigenvalue weighted by molar-refractivity contribution is 0.635. The van der Waals surface area contributed by atoms with Crippen LogP contribution in [0.4, 0.5) is 0 Å². The molecular weight excluding hydrogens is 228 g/mol. The van der Waals surface area contributed by atoms with Gasteiger partial charge >= 0.3 is 0 Å². The molecule has 0 bridgehead atoms. The Balaban J connectivity index is 2.35. The number of pyridine rings is 1. The third-order valence-corrected chi connectivity index (χ3v) is 3.92. The van der Waals surface area contributed by atoms with E-state index in [2.05, 4.69) is 47.7 Å². The van der Waals surface area contributed by atoms with E-state index < -0.39 is 0 Å². The Bertz CT molecular complexity index is 473. The highest BCUT2D eigenvalue weighted by Crippen LogP contribution is 2.28. The first-order valence-electron chi connectivity index (χ1n) is 5.92. The van der Waals surface area contributed by atoms with E-state index >= 15 is 0 Å². The van der Waals surface area contributed by atoms with E-state index in [1.54, 1.807) is 11.3 Å². The molecule has 2 rings (SSSR count). The van der Waals surface area contributed by atoms with Crippen LogP contribution >= 0.6 is 11.3 Å². The van der Waals surface area contributed by atoms with Crippen LogP contribution < -0.4 is 5.32 Å². The smallest absolute Gasteiger partial charge is 0.0688 e. The Hall–Kier alpha value is -1.19. The second-order valence-corrected chi connectivity index (χ2v) is 5.14. The largest absolute Gasteiger partial charge is 0.306 e. The third-order valence-electron chi connectivity index (χ3n) is 2.84. The predicted molar refractivity (Wildman–Crippen MR) is 73.5 cm³/mol. The van der Waals surface area contributed by atoms with Crippen LogP contribution in [0.15, 0.2) is 29.8 Å². The quantitative estimate of drug-likeness (QED) is 0.893. The molecule has 2 aromatic heterocycles. The van der Waals surface area contributed by atoms with E-state index in [1.165, 1.54) is 16.0 Å². The minimum atomic E-state index is 0.271. The minimum Gasteiger partial charge on any atom is -0.306 e. The molecule has 2 heterocycles. The topological polar surface area (TPSA) is 24.9 Å². The maximum atomic E-state index is 4.39. The van der Waals surface area contributed by atoms with Gasteiger partial charge in [-0.2, -0.15) is 0 Å². The van der Waals surface area contributed by atoms with Crippen LogP contribution in [-0.2, 0) is 0 Å². The number of aryl methyl sites for hydroxylation is 2. The van der Waals surface area contributed by atoms with Crippen LogP contribution in [0.3, 0.4) is 0 Å². The summed E-state index contributed by atoms with van der Waals surface area (Å²) in [5, 5.41) is 5.68. The second-order valence-electron chi connectivity index (χ2n) is 4.19. The molecule has 0 aliphatic rings. The molecule has 0 saturated heterocycles. The Labute approximate surface area is 107 Å². The highest BCUT2D eigenvalue weighted by atomic mass is 32.1. The molecule has 2 nitrogen and oxygen atoms in total. The molecule has 0 aromatic carbocycles.